The van der Waals surface area contributed by atoms with E-state index in [1.54, 1.807) is 0 Å². The molecule has 1 aromatic carbocycles. The van der Waals surface area contributed by atoms with Crippen molar-refractivity contribution in [1.82, 2.24) is 9.80 Å². The number of hydrogen-bond donors (Lipinski definition) is 1. The summed E-state index contributed by atoms with van der Waals surface area (Å²) in [4.78, 5) is 17.0. The lowest BCUT2D eigenvalue weighted by atomic mass is 9.75. The van der Waals surface area contributed by atoms with Gasteiger partial charge in [0, 0.05) is 31.2 Å². The molecule has 0 atom stereocenters. The zero-order chi connectivity index (χ0) is 20.0. The largest absolute Gasteiger partial charge is 0.491 e. The van der Waals surface area contributed by atoms with E-state index in [1.165, 1.54) is 5.56 Å². The van der Waals surface area contributed by atoms with Crippen molar-refractivity contribution in [3.8, 4) is 5.75 Å². The maximum Gasteiger partial charge on any atom is 0.225 e. The van der Waals surface area contributed by atoms with Crippen LogP contribution >= 0.6 is 0 Å². The van der Waals surface area contributed by atoms with Crippen LogP contribution < -0.4 is 4.74 Å². The molecule has 0 radical (unpaired) electrons. The van der Waals surface area contributed by atoms with E-state index in [0.29, 0.717) is 13.2 Å². The first kappa shape index (κ1) is 21.1. The molecule has 0 aromatic heterocycles. The van der Waals surface area contributed by atoms with Gasteiger partial charge in [-0.15, -0.1) is 0 Å². The highest BCUT2D eigenvalue weighted by Gasteiger charge is 2.33. The van der Waals surface area contributed by atoms with E-state index in [0.717, 1.165) is 64.0 Å². The number of benzene rings is 1. The normalized spacial score (nSPS) is 26.9. The van der Waals surface area contributed by atoms with E-state index in [-0.39, 0.29) is 23.8 Å². The second-order valence-electron chi connectivity index (χ2n) is 8.83. The summed E-state index contributed by atoms with van der Waals surface area (Å²) in [5, 5.41) is 10.1. The van der Waals surface area contributed by atoms with Crippen LogP contribution in [0.1, 0.15) is 51.5 Å². The number of para-hydroxylation sites is 1. The van der Waals surface area contributed by atoms with Crippen molar-refractivity contribution in [2.45, 2.75) is 52.5 Å². The van der Waals surface area contributed by atoms with Crippen LogP contribution in [0.15, 0.2) is 24.3 Å². The van der Waals surface area contributed by atoms with Crippen LogP contribution in [-0.2, 0) is 11.3 Å². The summed E-state index contributed by atoms with van der Waals surface area (Å²) in [6, 6.07) is 8.24. The highest BCUT2D eigenvalue weighted by atomic mass is 16.5. The minimum absolute atomic E-state index is 0.00143. The van der Waals surface area contributed by atoms with Gasteiger partial charge in [-0.25, -0.2) is 0 Å². The van der Waals surface area contributed by atoms with Gasteiger partial charge in [0.25, 0.3) is 0 Å². The number of hydrogen-bond acceptors (Lipinski definition) is 4. The summed E-state index contributed by atoms with van der Waals surface area (Å²) in [6.07, 6.45) is 5.18. The van der Waals surface area contributed by atoms with Gasteiger partial charge in [-0.2, -0.15) is 0 Å². The molecule has 1 aromatic rings. The number of fused-ring (bicyclic) bond motifs is 9. The zero-order valence-electron chi connectivity index (χ0n) is 17.5. The molecule has 1 fully saturated rings. The van der Waals surface area contributed by atoms with Gasteiger partial charge in [0.15, 0.2) is 0 Å². The van der Waals surface area contributed by atoms with Gasteiger partial charge < -0.3 is 14.7 Å². The first-order valence-electron chi connectivity index (χ1n) is 10.9. The predicted octanol–water partition coefficient (Wildman–Crippen LogP) is 3.31. The summed E-state index contributed by atoms with van der Waals surface area (Å²) >= 11 is 0. The van der Waals surface area contributed by atoms with Crippen molar-refractivity contribution in [1.29, 1.82) is 0 Å². The molecule has 3 aliphatic heterocycles. The molecule has 0 spiro atoms. The van der Waals surface area contributed by atoms with Crippen LogP contribution in [0.4, 0.5) is 0 Å². The molecular formula is C23H36N2O3. The molecule has 0 unspecified atom stereocenters. The maximum atomic E-state index is 12.6. The fraction of sp³-hybridized carbons (Fsp3) is 0.696. The Morgan fingerprint density at radius 3 is 2.57 bits per heavy atom. The van der Waals surface area contributed by atoms with Crippen LogP contribution in [0.5, 0.6) is 5.75 Å². The fourth-order valence-electron chi connectivity index (χ4n) is 4.45. The number of ether oxygens (including phenoxy) is 1. The minimum Gasteiger partial charge on any atom is -0.491 e. The van der Waals surface area contributed by atoms with E-state index >= 15 is 0 Å². The Kier molecular flexibility index (Phi) is 7.36. The van der Waals surface area contributed by atoms with Gasteiger partial charge >= 0.3 is 0 Å². The molecule has 2 bridgehead atoms. The van der Waals surface area contributed by atoms with Crippen LogP contribution in [0, 0.1) is 11.3 Å². The number of aliphatic hydroxyl groups excluding tert-OH is 1. The van der Waals surface area contributed by atoms with Crippen molar-refractivity contribution in [2.24, 2.45) is 11.3 Å². The lowest BCUT2D eigenvalue weighted by Crippen LogP contribution is -2.41. The van der Waals surface area contributed by atoms with Crippen molar-refractivity contribution in [3.05, 3.63) is 29.8 Å². The molecule has 0 aliphatic carbocycles. The van der Waals surface area contributed by atoms with Crippen LogP contribution in [-0.4, -0.2) is 60.2 Å². The summed E-state index contributed by atoms with van der Waals surface area (Å²) in [5.74, 6) is 1.12. The van der Waals surface area contributed by atoms with Gasteiger partial charge in [-0.3, -0.25) is 9.69 Å². The Hall–Kier alpha value is -1.59. The van der Waals surface area contributed by atoms with Gasteiger partial charge in [0.1, 0.15) is 12.4 Å². The number of carbonyl (C=O) groups is 1. The molecule has 3 aliphatic rings. The number of nitrogens with zero attached hydrogens (tertiary/aromatic N) is 2. The molecular weight excluding hydrogens is 352 g/mol. The summed E-state index contributed by atoms with van der Waals surface area (Å²) < 4.78 is 6.11. The Bertz CT molecular complexity index is 638. The van der Waals surface area contributed by atoms with Gasteiger partial charge in [-0.1, -0.05) is 38.5 Å². The topological polar surface area (TPSA) is 53.0 Å². The Balaban J connectivity index is 1.77. The van der Waals surface area contributed by atoms with Gasteiger partial charge in [-0.05, 0) is 50.3 Å². The molecule has 5 heteroatoms. The fourth-order valence-corrected chi connectivity index (χ4v) is 4.45. The Labute approximate surface area is 169 Å². The standard InChI is InChI=1S/C23H36N2O3/c1-19(2)22(27)25-12-6-5-9-23(18-26)10-13-24(14-11-23)17-20-7-3-4-8-21(20)28-16-15-25/h3-4,7-8,19,26H,5-6,9-18H2,1-2H3. The molecule has 156 valence electrons. The summed E-state index contributed by atoms with van der Waals surface area (Å²) in [7, 11) is 0. The third-order valence-electron chi connectivity index (χ3n) is 6.43. The maximum absolute atomic E-state index is 12.6. The smallest absolute Gasteiger partial charge is 0.225 e. The van der Waals surface area contributed by atoms with Crippen LogP contribution in [0.2, 0.25) is 0 Å². The SMILES string of the molecule is CC(C)C(=O)N1CCCCC2(CO)CCN(CC2)Cc2ccccc2OCC1. The van der Waals surface area contributed by atoms with E-state index < -0.39 is 0 Å². The van der Waals surface area contributed by atoms with Crippen molar-refractivity contribution < 1.29 is 14.6 Å². The summed E-state index contributed by atoms with van der Waals surface area (Å²) in [6.45, 7) is 9.04. The second kappa shape index (κ2) is 9.75. The zero-order valence-corrected chi connectivity index (χ0v) is 17.5. The van der Waals surface area contributed by atoms with E-state index in [1.807, 2.05) is 30.9 Å². The number of rotatable bonds is 2. The highest BCUT2D eigenvalue weighted by molar-refractivity contribution is 5.78. The number of carbonyl (C=O) groups excluding carboxylic acids is 1. The molecule has 4 rings (SSSR count). The Morgan fingerprint density at radius 2 is 1.86 bits per heavy atom. The lowest BCUT2D eigenvalue weighted by Gasteiger charge is -2.41. The number of piperidine rings is 1. The highest BCUT2D eigenvalue weighted by Crippen LogP contribution is 2.37. The first-order chi connectivity index (χ1) is 13.5. The second-order valence-corrected chi connectivity index (χ2v) is 8.83. The average Bonchev–Trinajstić information content (AvgIpc) is 2.72. The molecule has 1 saturated heterocycles. The minimum atomic E-state index is 0.00143. The molecule has 5 nitrogen and oxygen atoms in total. The van der Waals surface area contributed by atoms with Crippen molar-refractivity contribution in [3.63, 3.8) is 0 Å². The van der Waals surface area contributed by atoms with Crippen LogP contribution in [0.3, 0.4) is 0 Å². The molecule has 28 heavy (non-hydrogen) atoms. The van der Waals surface area contributed by atoms with Gasteiger partial charge in [0.05, 0.1) is 6.54 Å². The number of amides is 1. The monoisotopic (exact) mass is 388 g/mol. The van der Waals surface area contributed by atoms with E-state index in [9.17, 15) is 9.90 Å². The van der Waals surface area contributed by atoms with Gasteiger partial charge in [0.2, 0.25) is 5.91 Å². The quantitative estimate of drug-likeness (QED) is 0.845. The predicted molar refractivity (Wildman–Crippen MR) is 111 cm³/mol. The number of aliphatic hydroxyl groups is 1. The van der Waals surface area contributed by atoms with E-state index in [4.69, 9.17) is 4.74 Å². The molecule has 1 N–H and O–H groups in total. The Morgan fingerprint density at radius 1 is 1.11 bits per heavy atom. The molecule has 1 amide bonds. The third-order valence-corrected chi connectivity index (χ3v) is 6.43. The van der Waals surface area contributed by atoms with Crippen LogP contribution in [0.25, 0.3) is 0 Å². The molecule has 0 saturated carbocycles. The third kappa shape index (κ3) is 5.26. The molecule has 3 heterocycles. The average molecular weight is 389 g/mol. The summed E-state index contributed by atoms with van der Waals surface area (Å²) in [5.41, 5.74) is 1.26. The first-order valence-corrected chi connectivity index (χ1v) is 10.9. The van der Waals surface area contributed by atoms with Crippen molar-refractivity contribution in [2.75, 3.05) is 39.4 Å². The van der Waals surface area contributed by atoms with E-state index in [2.05, 4.69) is 17.0 Å². The lowest BCUT2D eigenvalue weighted by molar-refractivity contribution is -0.134. The van der Waals surface area contributed by atoms with Crippen molar-refractivity contribution >= 4 is 5.91 Å².